The number of amides is 1. The molecule has 2 aromatic heterocycles. The fourth-order valence-electron chi connectivity index (χ4n) is 3.03. The molecule has 0 bridgehead atoms. The van der Waals surface area contributed by atoms with E-state index in [1.807, 2.05) is 17.5 Å². The molecule has 1 aromatic carbocycles. The molecule has 0 saturated heterocycles. The molecule has 1 atom stereocenters. The first-order valence-electron chi connectivity index (χ1n) is 7.56. The van der Waals surface area contributed by atoms with Gasteiger partial charge in [0.2, 0.25) is 5.91 Å². The van der Waals surface area contributed by atoms with E-state index in [1.165, 1.54) is 12.3 Å². The number of benzene rings is 1. The van der Waals surface area contributed by atoms with Gasteiger partial charge in [-0.05, 0) is 23.1 Å². The zero-order chi connectivity index (χ0) is 17.6. The van der Waals surface area contributed by atoms with Crippen LogP contribution in [-0.2, 0) is 11.3 Å². The van der Waals surface area contributed by atoms with Gasteiger partial charge in [0.1, 0.15) is 5.82 Å². The van der Waals surface area contributed by atoms with Gasteiger partial charge in [0.25, 0.3) is 0 Å². The van der Waals surface area contributed by atoms with Crippen molar-refractivity contribution in [3.8, 4) is 0 Å². The number of nitrogens with zero attached hydrogens (tertiary/aromatic N) is 2. The highest BCUT2D eigenvalue weighted by atomic mass is 32.1. The number of carbonyl (C=O) groups is 1. The molecule has 3 heterocycles. The smallest absolute Gasteiger partial charge is 0.226 e. The van der Waals surface area contributed by atoms with Crippen LogP contribution in [0.4, 0.5) is 19.0 Å². The quantitative estimate of drug-likeness (QED) is 0.718. The van der Waals surface area contributed by atoms with Crippen LogP contribution in [0.3, 0.4) is 0 Å². The molecule has 3 aromatic rings. The standard InChI is InChI=1S/C17H12F3N3OS/c18-13-4-3-10(15(19)16(13)20)11-6-14(24)22-17-12(11)7-21-23(17)8-9-2-1-5-25-9/h1-5,7,11H,6,8H2,(H,22,24)/t11-/m0/s1. The molecule has 1 aliphatic heterocycles. The Morgan fingerprint density at radius 3 is 2.80 bits per heavy atom. The molecule has 8 heteroatoms. The Bertz CT molecular complexity index is 952. The van der Waals surface area contributed by atoms with Gasteiger partial charge in [0.05, 0.1) is 12.7 Å². The minimum absolute atomic E-state index is 0.0503. The van der Waals surface area contributed by atoms with Gasteiger partial charge in [-0.25, -0.2) is 17.9 Å². The summed E-state index contributed by atoms with van der Waals surface area (Å²) in [4.78, 5) is 13.1. The summed E-state index contributed by atoms with van der Waals surface area (Å²) >= 11 is 1.55. The summed E-state index contributed by atoms with van der Waals surface area (Å²) in [6.45, 7) is 0.459. The molecule has 0 unspecified atom stereocenters. The van der Waals surface area contributed by atoms with Crippen molar-refractivity contribution < 1.29 is 18.0 Å². The first-order valence-corrected chi connectivity index (χ1v) is 8.44. The molecule has 4 rings (SSSR count). The molecule has 0 saturated carbocycles. The van der Waals surface area contributed by atoms with E-state index in [0.717, 1.165) is 10.9 Å². The molecule has 1 amide bonds. The number of thiophene rings is 1. The second-order valence-electron chi connectivity index (χ2n) is 5.75. The summed E-state index contributed by atoms with van der Waals surface area (Å²) in [6, 6.07) is 5.90. The van der Waals surface area contributed by atoms with Crippen LogP contribution >= 0.6 is 11.3 Å². The van der Waals surface area contributed by atoms with E-state index in [4.69, 9.17) is 0 Å². The molecule has 1 aliphatic rings. The van der Waals surface area contributed by atoms with Gasteiger partial charge in [0.15, 0.2) is 17.5 Å². The van der Waals surface area contributed by atoms with Crippen molar-refractivity contribution in [3.05, 3.63) is 69.3 Å². The van der Waals surface area contributed by atoms with Gasteiger partial charge in [0, 0.05) is 22.8 Å². The third kappa shape index (κ3) is 2.72. The zero-order valence-electron chi connectivity index (χ0n) is 12.8. The van der Waals surface area contributed by atoms with Crippen LogP contribution in [0.5, 0.6) is 0 Å². The molecular weight excluding hydrogens is 351 g/mol. The van der Waals surface area contributed by atoms with Crippen molar-refractivity contribution in [2.75, 3.05) is 5.32 Å². The van der Waals surface area contributed by atoms with Crippen LogP contribution < -0.4 is 5.32 Å². The highest BCUT2D eigenvalue weighted by Crippen LogP contribution is 2.39. The highest BCUT2D eigenvalue weighted by Gasteiger charge is 2.32. The highest BCUT2D eigenvalue weighted by molar-refractivity contribution is 7.09. The van der Waals surface area contributed by atoms with Gasteiger partial charge < -0.3 is 5.32 Å². The molecule has 0 fully saturated rings. The lowest BCUT2D eigenvalue weighted by molar-refractivity contribution is -0.116. The van der Waals surface area contributed by atoms with Crippen LogP contribution in [0.1, 0.15) is 28.3 Å². The van der Waals surface area contributed by atoms with E-state index < -0.39 is 23.4 Å². The van der Waals surface area contributed by atoms with Crippen molar-refractivity contribution in [2.24, 2.45) is 0 Å². The largest absolute Gasteiger partial charge is 0.311 e. The van der Waals surface area contributed by atoms with Crippen molar-refractivity contribution >= 4 is 23.1 Å². The normalized spacial score (nSPS) is 16.6. The number of halogens is 3. The monoisotopic (exact) mass is 363 g/mol. The van der Waals surface area contributed by atoms with E-state index in [2.05, 4.69) is 10.4 Å². The van der Waals surface area contributed by atoms with E-state index in [-0.39, 0.29) is 17.9 Å². The zero-order valence-corrected chi connectivity index (χ0v) is 13.6. The Hall–Kier alpha value is -2.61. The second-order valence-corrected chi connectivity index (χ2v) is 6.79. The first kappa shape index (κ1) is 15.9. The second kappa shape index (κ2) is 6.03. The Balaban J connectivity index is 1.77. The lowest BCUT2D eigenvalue weighted by atomic mass is 9.87. The van der Waals surface area contributed by atoms with Crippen molar-refractivity contribution in [2.45, 2.75) is 18.9 Å². The molecular formula is C17H12F3N3OS. The fraction of sp³-hybridized carbons (Fsp3) is 0.176. The molecule has 0 spiro atoms. The Morgan fingerprint density at radius 1 is 1.20 bits per heavy atom. The van der Waals surface area contributed by atoms with E-state index in [1.54, 1.807) is 16.0 Å². The van der Waals surface area contributed by atoms with Crippen molar-refractivity contribution in [3.63, 3.8) is 0 Å². The van der Waals surface area contributed by atoms with Crippen LogP contribution in [-0.4, -0.2) is 15.7 Å². The van der Waals surface area contributed by atoms with Crippen molar-refractivity contribution in [1.29, 1.82) is 0 Å². The molecule has 1 N–H and O–H groups in total. The van der Waals surface area contributed by atoms with Gasteiger partial charge >= 0.3 is 0 Å². The van der Waals surface area contributed by atoms with Crippen LogP contribution in [0.15, 0.2) is 35.8 Å². The number of nitrogens with one attached hydrogen (secondary N) is 1. The number of carbonyl (C=O) groups excluding carboxylic acids is 1. The average molecular weight is 363 g/mol. The Morgan fingerprint density at radius 2 is 2.04 bits per heavy atom. The number of aromatic nitrogens is 2. The summed E-state index contributed by atoms with van der Waals surface area (Å²) in [5.74, 6) is -4.63. The molecule has 128 valence electrons. The lowest BCUT2D eigenvalue weighted by Crippen LogP contribution is -2.25. The topological polar surface area (TPSA) is 46.9 Å². The molecule has 0 radical (unpaired) electrons. The Labute approximate surface area is 144 Å². The minimum Gasteiger partial charge on any atom is -0.311 e. The summed E-state index contributed by atoms with van der Waals surface area (Å²) in [5, 5.41) is 8.95. The molecule has 0 aliphatic carbocycles. The number of hydrogen-bond acceptors (Lipinski definition) is 3. The third-order valence-electron chi connectivity index (χ3n) is 4.22. The Kier molecular flexibility index (Phi) is 3.84. The van der Waals surface area contributed by atoms with E-state index in [0.29, 0.717) is 17.9 Å². The summed E-state index contributed by atoms with van der Waals surface area (Å²) in [7, 11) is 0. The number of fused-ring (bicyclic) bond motifs is 1. The molecule has 25 heavy (non-hydrogen) atoms. The SMILES string of the molecule is O=C1C[C@@H](c2ccc(F)c(F)c2F)c2cnn(Cc3cccs3)c2N1. The number of anilines is 1. The summed E-state index contributed by atoms with van der Waals surface area (Å²) in [6.07, 6.45) is 1.48. The van der Waals surface area contributed by atoms with Crippen LogP contribution in [0, 0.1) is 17.5 Å². The number of hydrogen-bond donors (Lipinski definition) is 1. The minimum atomic E-state index is -1.53. The van der Waals surface area contributed by atoms with Gasteiger partial charge in [-0.3, -0.25) is 4.79 Å². The van der Waals surface area contributed by atoms with Crippen molar-refractivity contribution in [1.82, 2.24) is 9.78 Å². The van der Waals surface area contributed by atoms with Gasteiger partial charge in [-0.2, -0.15) is 5.10 Å². The summed E-state index contributed by atoms with van der Waals surface area (Å²) < 4.78 is 42.6. The first-order chi connectivity index (χ1) is 12.0. The van der Waals surface area contributed by atoms with Crippen LogP contribution in [0.2, 0.25) is 0 Å². The maximum absolute atomic E-state index is 14.2. The van der Waals surface area contributed by atoms with E-state index in [9.17, 15) is 18.0 Å². The third-order valence-corrected chi connectivity index (χ3v) is 5.08. The van der Waals surface area contributed by atoms with Gasteiger partial charge in [-0.15, -0.1) is 11.3 Å². The maximum atomic E-state index is 14.2. The van der Waals surface area contributed by atoms with E-state index >= 15 is 0 Å². The lowest BCUT2D eigenvalue weighted by Gasteiger charge is -2.24. The predicted octanol–water partition coefficient (Wildman–Crippen LogP) is 3.88. The summed E-state index contributed by atoms with van der Waals surface area (Å²) in [5.41, 5.74) is 0.534. The molecule has 4 nitrogen and oxygen atoms in total. The van der Waals surface area contributed by atoms with Gasteiger partial charge in [-0.1, -0.05) is 12.1 Å². The fourth-order valence-corrected chi connectivity index (χ4v) is 3.71. The average Bonchev–Trinajstić information content (AvgIpc) is 3.23. The number of rotatable bonds is 3. The van der Waals surface area contributed by atoms with Crippen LogP contribution in [0.25, 0.3) is 0 Å². The maximum Gasteiger partial charge on any atom is 0.226 e. The predicted molar refractivity (Wildman–Crippen MR) is 87.1 cm³/mol.